The Bertz CT molecular complexity index is 1270. The summed E-state index contributed by atoms with van der Waals surface area (Å²) in [6, 6.07) is 17.2. The van der Waals surface area contributed by atoms with Gasteiger partial charge in [-0.15, -0.1) is 0 Å². The molecule has 1 N–H and O–H groups in total. The second-order valence-corrected chi connectivity index (χ2v) is 9.29. The molecule has 3 aromatic rings. The Balaban J connectivity index is 1.72. The number of carbonyl (C=O) groups is 2. The number of ketones is 1. The van der Waals surface area contributed by atoms with Gasteiger partial charge < -0.3 is 19.5 Å². The highest BCUT2D eigenvalue weighted by Gasteiger charge is 2.46. The molecular weight excluding hydrogens is 480 g/mol. The third-order valence-electron chi connectivity index (χ3n) is 6.41. The van der Waals surface area contributed by atoms with Gasteiger partial charge in [-0.3, -0.25) is 14.6 Å². The first kappa shape index (κ1) is 26.9. The Labute approximate surface area is 223 Å². The van der Waals surface area contributed by atoms with E-state index in [4.69, 9.17) is 9.47 Å². The van der Waals surface area contributed by atoms with Crippen molar-refractivity contribution in [3.8, 4) is 11.5 Å². The Morgan fingerprint density at radius 2 is 1.71 bits per heavy atom. The number of aromatic nitrogens is 1. The molecule has 1 aliphatic heterocycles. The van der Waals surface area contributed by atoms with E-state index in [-0.39, 0.29) is 17.9 Å². The predicted molar refractivity (Wildman–Crippen MR) is 146 cm³/mol. The first-order valence-corrected chi connectivity index (χ1v) is 13.2. The van der Waals surface area contributed by atoms with E-state index in [0.29, 0.717) is 30.1 Å². The van der Waals surface area contributed by atoms with E-state index in [0.717, 1.165) is 37.0 Å². The van der Waals surface area contributed by atoms with Crippen molar-refractivity contribution in [2.24, 2.45) is 0 Å². The molecular formula is C31H34N2O5. The molecule has 2 heterocycles. The van der Waals surface area contributed by atoms with Crippen molar-refractivity contribution in [3.63, 3.8) is 0 Å². The fourth-order valence-electron chi connectivity index (χ4n) is 4.48. The number of aliphatic hydroxyl groups is 1. The highest BCUT2D eigenvalue weighted by Crippen LogP contribution is 2.41. The Morgan fingerprint density at radius 3 is 2.42 bits per heavy atom. The molecule has 38 heavy (non-hydrogen) atoms. The monoisotopic (exact) mass is 514 g/mol. The van der Waals surface area contributed by atoms with Crippen molar-refractivity contribution in [2.75, 3.05) is 13.2 Å². The maximum absolute atomic E-state index is 13.4. The van der Waals surface area contributed by atoms with Crippen molar-refractivity contribution in [3.05, 3.63) is 95.3 Å². The van der Waals surface area contributed by atoms with Crippen LogP contribution < -0.4 is 9.47 Å². The molecule has 1 saturated heterocycles. The summed E-state index contributed by atoms with van der Waals surface area (Å²) in [5.41, 5.74) is 1.95. The van der Waals surface area contributed by atoms with Crippen LogP contribution in [0.3, 0.4) is 0 Å². The molecule has 0 radical (unpaired) electrons. The molecule has 1 atom stereocenters. The van der Waals surface area contributed by atoms with E-state index in [9.17, 15) is 14.7 Å². The van der Waals surface area contributed by atoms with Crippen LogP contribution in [0.25, 0.3) is 5.76 Å². The molecule has 0 saturated carbocycles. The number of amides is 1. The molecule has 0 spiro atoms. The lowest BCUT2D eigenvalue weighted by molar-refractivity contribution is -0.140. The van der Waals surface area contributed by atoms with Crippen LogP contribution in [-0.2, 0) is 16.1 Å². The van der Waals surface area contributed by atoms with Gasteiger partial charge in [0.2, 0.25) is 0 Å². The lowest BCUT2D eigenvalue weighted by Gasteiger charge is -2.25. The van der Waals surface area contributed by atoms with Crippen molar-refractivity contribution in [1.29, 1.82) is 0 Å². The number of benzene rings is 2. The van der Waals surface area contributed by atoms with Crippen LogP contribution in [-0.4, -0.2) is 39.9 Å². The number of rotatable bonds is 12. The fraction of sp³-hybridized carbons (Fsp3) is 0.323. The molecule has 4 rings (SSSR count). The lowest BCUT2D eigenvalue weighted by atomic mass is 9.95. The quantitative estimate of drug-likeness (QED) is 0.137. The first-order valence-electron chi connectivity index (χ1n) is 13.2. The number of carbonyl (C=O) groups excluding carboxylic acids is 2. The highest BCUT2D eigenvalue weighted by molar-refractivity contribution is 6.46. The summed E-state index contributed by atoms with van der Waals surface area (Å²) in [6.45, 7) is 5.49. The van der Waals surface area contributed by atoms with Crippen LogP contribution in [0.5, 0.6) is 11.5 Å². The van der Waals surface area contributed by atoms with E-state index >= 15 is 0 Å². The summed E-state index contributed by atoms with van der Waals surface area (Å²) in [6.07, 6.45) is 7.36. The number of hydrogen-bond acceptors (Lipinski definition) is 6. The number of pyridine rings is 1. The van der Waals surface area contributed by atoms with Gasteiger partial charge >= 0.3 is 0 Å². The van der Waals surface area contributed by atoms with Crippen LogP contribution in [0.4, 0.5) is 0 Å². The second kappa shape index (κ2) is 12.9. The van der Waals surface area contributed by atoms with Gasteiger partial charge in [0, 0.05) is 24.5 Å². The molecule has 1 aromatic heterocycles. The standard InChI is InChI=1S/C31H34N2O5/c1-3-5-6-18-38-25-14-12-23(13-15-25)28-27(29(34)24-10-7-11-26(19-24)37-17-4-2)30(35)31(36)33(28)21-22-9-8-16-32-20-22/h7-16,19-20,28,34H,3-6,17-18,21H2,1-2H3. The van der Waals surface area contributed by atoms with Crippen LogP contribution >= 0.6 is 0 Å². The number of aliphatic hydroxyl groups excluding tert-OH is 1. The smallest absolute Gasteiger partial charge is 0.295 e. The molecule has 0 bridgehead atoms. The summed E-state index contributed by atoms with van der Waals surface area (Å²) >= 11 is 0. The third-order valence-corrected chi connectivity index (χ3v) is 6.41. The topological polar surface area (TPSA) is 89.0 Å². The Kier molecular flexibility index (Phi) is 9.14. The highest BCUT2D eigenvalue weighted by atomic mass is 16.5. The molecule has 7 heteroatoms. The fourth-order valence-corrected chi connectivity index (χ4v) is 4.48. The molecule has 2 aromatic carbocycles. The zero-order valence-electron chi connectivity index (χ0n) is 21.9. The lowest BCUT2D eigenvalue weighted by Crippen LogP contribution is -2.29. The molecule has 1 fully saturated rings. The minimum Gasteiger partial charge on any atom is -0.507 e. The summed E-state index contributed by atoms with van der Waals surface area (Å²) in [5, 5.41) is 11.4. The van der Waals surface area contributed by atoms with Crippen LogP contribution in [0, 0.1) is 0 Å². The van der Waals surface area contributed by atoms with E-state index in [1.807, 2.05) is 37.3 Å². The van der Waals surface area contributed by atoms with Crippen LogP contribution in [0.15, 0.2) is 78.6 Å². The maximum atomic E-state index is 13.4. The van der Waals surface area contributed by atoms with E-state index < -0.39 is 17.7 Å². The average Bonchev–Trinajstić information content (AvgIpc) is 3.20. The number of nitrogens with zero attached hydrogens (tertiary/aromatic N) is 2. The molecule has 1 unspecified atom stereocenters. The molecule has 1 amide bonds. The largest absolute Gasteiger partial charge is 0.507 e. The first-order chi connectivity index (χ1) is 18.5. The number of unbranched alkanes of at least 4 members (excludes halogenated alkanes) is 2. The number of ether oxygens (including phenoxy) is 2. The van der Waals surface area contributed by atoms with Crippen LogP contribution in [0.2, 0.25) is 0 Å². The van der Waals surface area contributed by atoms with Gasteiger partial charge in [0.1, 0.15) is 17.3 Å². The summed E-state index contributed by atoms with van der Waals surface area (Å²) in [7, 11) is 0. The Morgan fingerprint density at radius 1 is 0.921 bits per heavy atom. The SMILES string of the molecule is CCCCCOc1ccc(C2C(=C(O)c3cccc(OCCC)c3)C(=O)C(=O)N2Cc2cccnc2)cc1. The normalized spacial score (nSPS) is 16.6. The van der Waals surface area contributed by atoms with Gasteiger partial charge in [-0.1, -0.05) is 57.0 Å². The van der Waals surface area contributed by atoms with Gasteiger partial charge in [0.05, 0.1) is 24.8 Å². The zero-order chi connectivity index (χ0) is 26.9. The number of Topliss-reactive ketones (excluding diaryl/α,β-unsaturated/α-hetero) is 1. The number of hydrogen-bond donors (Lipinski definition) is 1. The second-order valence-electron chi connectivity index (χ2n) is 9.29. The average molecular weight is 515 g/mol. The zero-order valence-corrected chi connectivity index (χ0v) is 21.9. The van der Waals surface area contributed by atoms with Crippen molar-refractivity contribution >= 4 is 17.4 Å². The predicted octanol–water partition coefficient (Wildman–Crippen LogP) is 6.06. The van der Waals surface area contributed by atoms with Gasteiger partial charge in [-0.25, -0.2) is 0 Å². The molecule has 198 valence electrons. The van der Waals surface area contributed by atoms with E-state index in [2.05, 4.69) is 11.9 Å². The van der Waals surface area contributed by atoms with Crippen molar-refractivity contribution < 1.29 is 24.2 Å². The van der Waals surface area contributed by atoms with Gasteiger partial charge in [0.15, 0.2) is 0 Å². The summed E-state index contributed by atoms with van der Waals surface area (Å²) in [5.74, 6) is -0.324. The van der Waals surface area contributed by atoms with Gasteiger partial charge in [0.25, 0.3) is 11.7 Å². The van der Waals surface area contributed by atoms with Gasteiger partial charge in [-0.2, -0.15) is 0 Å². The molecule has 1 aliphatic rings. The number of likely N-dealkylation sites (tertiary alicyclic amines) is 1. The molecule has 0 aliphatic carbocycles. The van der Waals surface area contributed by atoms with E-state index in [1.54, 1.807) is 42.7 Å². The van der Waals surface area contributed by atoms with Crippen molar-refractivity contribution in [1.82, 2.24) is 9.88 Å². The minimum absolute atomic E-state index is 0.0446. The summed E-state index contributed by atoms with van der Waals surface area (Å²) < 4.78 is 11.6. The summed E-state index contributed by atoms with van der Waals surface area (Å²) in [4.78, 5) is 32.3. The maximum Gasteiger partial charge on any atom is 0.295 e. The Hall–Kier alpha value is -4.13. The van der Waals surface area contributed by atoms with Crippen molar-refractivity contribution in [2.45, 2.75) is 52.1 Å². The molecule has 7 nitrogen and oxygen atoms in total. The van der Waals surface area contributed by atoms with E-state index in [1.165, 1.54) is 4.90 Å². The van der Waals surface area contributed by atoms with Gasteiger partial charge in [-0.05, 0) is 54.3 Å². The van der Waals surface area contributed by atoms with Crippen LogP contribution in [0.1, 0.15) is 62.3 Å². The third kappa shape index (κ3) is 6.22. The minimum atomic E-state index is -0.774.